The molecule has 0 saturated carbocycles. The number of nitro groups is 1. The van der Waals surface area contributed by atoms with Gasteiger partial charge in [0, 0.05) is 36.9 Å². The maximum absolute atomic E-state index is 10.8. The fraction of sp³-hybridized carbons (Fsp3) is 0.125. The molecular weight excluding hydrogens is 266 g/mol. The van der Waals surface area contributed by atoms with Crippen LogP contribution in [0, 0.1) is 10.1 Å². The summed E-state index contributed by atoms with van der Waals surface area (Å²) in [5, 5.41) is 12.0. The van der Waals surface area contributed by atoms with Crippen molar-refractivity contribution in [1.82, 2.24) is 4.57 Å². The number of nitro benzene ring substituents is 1. The van der Waals surface area contributed by atoms with Crippen molar-refractivity contribution in [3.05, 3.63) is 76.0 Å². The Labute approximate surface area is 121 Å². The monoisotopic (exact) mass is 281 g/mol. The van der Waals surface area contributed by atoms with E-state index in [9.17, 15) is 10.1 Å². The van der Waals surface area contributed by atoms with Crippen LogP contribution in [0.3, 0.4) is 0 Å². The van der Waals surface area contributed by atoms with E-state index in [1.54, 1.807) is 12.1 Å². The second-order valence-electron chi connectivity index (χ2n) is 4.97. The molecule has 0 bridgehead atoms. The Bertz CT molecular complexity index is 808. The predicted octanol–water partition coefficient (Wildman–Crippen LogP) is 3.06. The van der Waals surface area contributed by atoms with E-state index in [0.717, 1.165) is 22.0 Å². The van der Waals surface area contributed by atoms with Gasteiger partial charge in [-0.3, -0.25) is 10.1 Å². The van der Waals surface area contributed by atoms with E-state index in [1.165, 1.54) is 6.07 Å². The average molecular weight is 281 g/mol. The minimum Gasteiger partial charge on any atom is -0.343 e. The van der Waals surface area contributed by atoms with Crippen molar-refractivity contribution >= 4 is 16.6 Å². The summed E-state index contributed by atoms with van der Waals surface area (Å²) in [6.07, 6.45) is 1.99. The Morgan fingerprint density at radius 3 is 2.71 bits per heavy atom. The maximum Gasteiger partial charge on any atom is 0.269 e. The number of hydrogen-bond donors (Lipinski definition) is 1. The molecule has 0 saturated heterocycles. The van der Waals surface area contributed by atoms with Crippen LogP contribution < -0.4 is 5.73 Å². The Hall–Kier alpha value is -2.66. The van der Waals surface area contributed by atoms with Crippen molar-refractivity contribution in [1.29, 1.82) is 0 Å². The zero-order valence-corrected chi connectivity index (χ0v) is 11.4. The molecule has 0 fully saturated rings. The van der Waals surface area contributed by atoms with Gasteiger partial charge in [0.15, 0.2) is 0 Å². The molecule has 0 radical (unpaired) electrons. The van der Waals surface area contributed by atoms with E-state index < -0.39 is 0 Å². The lowest BCUT2D eigenvalue weighted by atomic mass is 10.1. The van der Waals surface area contributed by atoms with Gasteiger partial charge in [-0.15, -0.1) is 0 Å². The number of benzene rings is 2. The maximum atomic E-state index is 10.8. The summed E-state index contributed by atoms with van der Waals surface area (Å²) in [7, 11) is 0. The topological polar surface area (TPSA) is 74.1 Å². The fourth-order valence-electron chi connectivity index (χ4n) is 2.48. The molecule has 3 aromatic rings. The molecule has 0 amide bonds. The Kier molecular flexibility index (Phi) is 3.41. The normalized spacial score (nSPS) is 10.9. The van der Waals surface area contributed by atoms with Crippen molar-refractivity contribution in [3.8, 4) is 0 Å². The second-order valence-corrected chi connectivity index (χ2v) is 4.97. The van der Waals surface area contributed by atoms with E-state index in [0.29, 0.717) is 13.1 Å². The molecule has 106 valence electrons. The second kappa shape index (κ2) is 5.38. The van der Waals surface area contributed by atoms with Crippen LogP contribution in [0.15, 0.2) is 54.7 Å². The molecule has 21 heavy (non-hydrogen) atoms. The fourth-order valence-corrected chi connectivity index (χ4v) is 2.48. The molecule has 0 aliphatic heterocycles. The van der Waals surface area contributed by atoms with Gasteiger partial charge in [-0.05, 0) is 34.7 Å². The summed E-state index contributed by atoms with van der Waals surface area (Å²) in [6, 6.07) is 14.9. The first-order chi connectivity index (χ1) is 10.2. The lowest BCUT2D eigenvalue weighted by Gasteiger charge is -2.06. The van der Waals surface area contributed by atoms with Crippen LogP contribution in [0.1, 0.15) is 11.1 Å². The summed E-state index contributed by atoms with van der Waals surface area (Å²) in [4.78, 5) is 10.5. The first kappa shape index (κ1) is 13.3. The van der Waals surface area contributed by atoms with Crippen molar-refractivity contribution in [2.45, 2.75) is 13.1 Å². The third-order valence-corrected chi connectivity index (χ3v) is 3.55. The van der Waals surface area contributed by atoms with Crippen LogP contribution in [0.25, 0.3) is 10.9 Å². The summed E-state index contributed by atoms with van der Waals surface area (Å²) < 4.78 is 2.08. The van der Waals surface area contributed by atoms with E-state index in [1.807, 2.05) is 30.5 Å². The number of nitrogens with two attached hydrogens (primary N) is 1. The Morgan fingerprint density at radius 1 is 1.10 bits per heavy atom. The largest absolute Gasteiger partial charge is 0.343 e. The van der Waals surface area contributed by atoms with Gasteiger partial charge in [-0.2, -0.15) is 0 Å². The van der Waals surface area contributed by atoms with Gasteiger partial charge in [0.2, 0.25) is 0 Å². The van der Waals surface area contributed by atoms with Gasteiger partial charge in [0.25, 0.3) is 5.69 Å². The van der Waals surface area contributed by atoms with Gasteiger partial charge < -0.3 is 10.3 Å². The van der Waals surface area contributed by atoms with Crippen LogP contribution in [0.4, 0.5) is 5.69 Å². The molecule has 3 rings (SSSR count). The molecule has 2 N–H and O–H groups in total. The summed E-state index contributed by atoms with van der Waals surface area (Å²) in [5.74, 6) is 0. The molecule has 5 heteroatoms. The van der Waals surface area contributed by atoms with Crippen LogP contribution in [-0.4, -0.2) is 9.49 Å². The molecule has 0 atom stereocenters. The summed E-state index contributed by atoms with van der Waals surface area (Å²) in [5.41, 5.74) is 8.86. The van der Waals surface area contributed by atoms with E-state index in [-0.39, 0.29) is 10.6 Å². The predicted molar refractivity (Wildman–Crippen MR) is 82.0 cm³/mol. The first-order valence-corrected chi connectivity index (χ1v) is 6.68. The number of hydrogen-bond acceptors (Lipinski definition) is 3. The molecule has 5 nitrogen and oxygen atoms in total. The van der Waals surface area contributed by atoms with Crippen molar-refractivity contribution in [2.24, 2.45) is 5.73 Å². The molecule has 1 aromatic heterocycles. The standard InChI is InChI=1S/C16H15N3O2/c17-10-12-4-5-16-14(8-12)6-7-18(16)11-13-2-1-3-15(9-13)19(20)21/h1-9H,10-11,17H2. The van der Waals surface area contributed by atoms with Crippen LogP contribution in [0.2, 0.25) is 0 Å². The third-order valence-electron chi connectivity index (χ3n) is 3.55. The molecule has 2 aromatic carbocycles. The minimum atomic E-state index is -0.370. The number of fused-ring (bicyclic) bond motifs is 1. The van der Waals surface area contributed by atoms with E-state index in [2.05, 4.69) is 10.6 Å². The number of rotatable bonds is 4. The Morgan fingerprint density at radius 2 is 1.95 bits per heavy atom. The van der Waals surface area contributed by atoms with Gasteiger partial charge >= 0.3 is 0 Å². The highest BCUT2D eigenvalue weighted by molar-refractivity contribution is 5.81. The summed E-state index contributed by atoms with van der Waals surface area (Å²) in [6.45, 7) is 1.12. The van der Waals surface area contributed by atoms with Crippen molar-refractivity contribution < 1.29 is 4.92 Å². The number of nitrogens with zero attached hydrogens (tertiary/aromatic N) is 2. The van der Waals surface area contributed by atoms with E-state index >= 15 is 0 Å². The van der Waals surface area contributed by atoms with E-state index in [4.69, 9.17) is 5.73 Å². The van der Waals surface area contributed by atoms with Gasteiger partial charge in [-0.1, -0.05) is 18.2 Å². The van der Waals surface area contributed by atoms with Crippen molar-refractivity contribution in [2.75, 3.05) is 0 Å². The molecule has 0 aliphatic rings. The van der Waals surface area contributed by atoms with Crippen LogP contribution >= 0.6 is 0 Å². The molecular formula is C16H15N3O2. The van der Waals surface area contributed by atoms with Gasteiger partial charge in [-0.25, -0.2) is 0 Å². The van der Waals surface area contributed by atoms with Gasteiger partial charge in [0.05, 0.1) is 4.92 Å². The molecule has 1 heterocycles. The third kappa shape index (κ3) is 2.64. The number of aromatic nitrogens is 1. The quantitative estimate of drug-likeness (QED) is 0.590. The van der Waals surface area contributed by atoms with Crippen molar-refractivity contribution in [3.63, 3.8) is 0 Å². The average Bonchev–Trinajstić information content (AvgIpc) is 2.89. The zero-order valence-electron chi connectivity index (χ0n) is 11.4. The number of non-ortho nitro benzene ring substituents is 1. The zero-order chi connectivity index (χ0) is 14.8. The smallest absolute Gasteiger partial charge is 0.269 e. The minimum absolute atomic E-state index is 0.120. The Balaban J connectivity index is 1.95. The highest BCUT2D eigenvalue weighted by Crippen LogP contribution is 2.20. The molecule has 0 aliphatic carbocycles. The highest BCUT2D eigenvalue weighted by Gasteiger charge is 2.07. The summed E-state index contributed by atoms with van der Waals surface area (Å²) >= 11 is 0. The highest BCUT2D eigenvalue weighted by atomic mass is 16.6. The SMILES string of the molecule is NCc1ccc2c(ccn2Cc2cccc([N+](=O)[O-])c2)c1. The van der Waals surface area contributed by atoms with Crippen LogP contribution in [-0.2, 0) is 13.1 Å². The van der Waals surface area contributed by atoms with Gasteiger partial charge in [0.1, 0.15) is 0 Å². The lowest BCUT2D eigenvalue weighted by molar-refractivity contribution is -0.384. The lowest BCUT2D eigenvalue weighted by Crippen LogP contribution is -1.99. The molecule has 0 spiro atoms. The first-order valence-electron chi connectivity index (χ1n) is 6.68. The van der Waals surface area contributed by atoms with Crippen LogP contribution in [0.5, 0.6) is 0 Å². The molecule has 0 unspecified atom stereocenters.